The van der Waals surface area contributed by atoms with E-state index < -0.39 is 0 Å². The molecule has 132 valence electrons. The van der Waals surface area contributed by atoms with Crippen LogP contribution in [0.4, 0.5) is 5.69 Å². The van der Waals surface area contributed by atoms with Crippen LogP contribution in [0.2, 0.25) is 10.0 Å². The Hall–Kier alpha value is -2.24. The van der Waals surface area contributed by atoms with E-state index in [-0.39, 0.29) is 18.2 Å². The minimum Gasteiger partial charge on any atom is -0.497 e. The van der Waals surface area contributed by atoms with Crippen LogP contribution in [0.3, 0.4) is 0 Å². The van der Waals surface area contributed by atoms with Crippen molar-refractivity contribution in [2.45, 2.75) is 12.8 Å². The SMILES string of the molecule is COc1ccc(C(=O)NCCCC(=O)Nc2cccc(Cl)c2Cl)cc1. The molecule has 2 amide bonds. The summed E-state index contributed by atoms with van der Waals surface area (Å²) in [6.45, 7) is 0.390. The van der Waals surface area contributed by atoms with Crippen LogP contribution < -0.4 is 15.4 Å². The molecular weight excluding hydrogens is 363 g/mol. The Morgan fingerprint density at radius 3 is 2.48 bits per heavy atom. The molecule has 2 aromatic carbocycles. The van der Waals surface area contributed by atoms with E-state index in [0.717, 1.165) is 0 Å². The molecule has 25 heavy (non-hydrogen) atoms. The first kappa shape index (κ1) is 19.1. The van der Waals surface area contributed by atoms with E-state index in [1.807, 2.05) is 0 Å². The van der Waals surface area contributed by atoms with Crippen molar-refractivity contribution in [3.05, 3.63) is 58.1 Å². The molecule has 2 aromatic rings. The Kier molecular flexibility index (Phi) is 7.10. The van der Waals surface area contributed by atoms with Crippen LogP contribution in [-0.2, 0) is 4.79 Å². The summed E-state index contributed by atoms with van der Waals surface area (Å²) >= 11 is 11.9. The topological polar surface area (TPSA) is 67.4 Å². The van der Waals surface area contributed by atoms with E-state index in [2.05, 4.69) is 10.6 Å². The predicted octanol–water partition coefficient (Wildman–Crippen LogP) is 4.15. The molecular formula is C18H18Cl2N2O3. The molecule has 5 nitrogen and oxygen atoms in total. The minimum absolute atomic E-state index is 0.192. The number of methoxy groups -OCH3 is 1. The molecule has 0 aliphatic rings. The van der Waals surface area contributed by atoms with Crippen LogP contribution in [0.25, 0.3) is 0 Å². The van der Waals surface area contributed by atoms with Gasteiger partial charge in [-0.05, 0) is 42.8 Å². The first-order valence-corrected chi connectivity index (χ1v) is 8.43. The van der Waals surface area contributed by atoms with Gasteiger partial charge in [0, 0.05) is 18.5 Å². The predicted molar refractivity (Wildman–Crippen MR) is 99.7 cm³/mol. The highest BCUT2D eigenvalue weighted by Crippen LogP contribution is 2.29. The highest BCUT2D eigenvalue weighted by molar-refractivity contribution is 6.43. The Balaban J connectivity index is 1.73. The first-order valence-electron chi connectivity index (χ1n) is 7.67. The molecule has 0 fully saturated rings. The van der Waals surface area contributed by atoms with Crippen molar-refractivity contribution in [1.29, 1.82) is 0 Å². The molecule has 0 aromatic heterocycles. The third-order valence-electron chi connectivity index (χ3n) is 3.44. The summed E-state index contributed by atoms with van der Waals surface area (Å²) < 4.78 is 5.04. The summed E-state index contributed by atoms with van der Waals surface area (Å²) in [4.78, 5) is 23.9. The van der Waals surface area contributed by atoms with Gasteiger partial charge in [0.2, 0.25) is 5.91 Å². The standard InChI is InChI=1S/C18H18Cl2N2O3/c1-25-13-9-7-12(8-10-13)18(24)21-11-3-6-16(23)22-15-5-2-4-14(19)17(15)20/h2,4-5,7-10H,3,6,11H2,1H3,(H,21,24)(H,22,23). The summed E-state index contributed by atoms with van der Waals surface area (Å²) in [5.74, 6) is 0.303. The molecule has 0 bridgehead atoms. The van der Waals surface area contributed by atoms with Crippen molar-refractivity contribution in [2.24, 2.45) is 0 Å². The van der Waals surface area contributed by atoms with Crippen LogP contribution in [0.15, 0.2) is 42.5 Å². The number of carbonyl (C=O) groups is 2. The van der Waals surface area contributed by atoms with Gasteiger partial charge in [-0.15, -0.1) is 0 Å². The van der Waals surface area contributed by atoms with Crippen LogP contribution in [-0.4, -0.2) is 25.5 Å². The largest absolute Gasteiger partial charge is 0.497 e. The molecule has 0 aliphatic heterocycles. The Morgan fingerprint density at radius 2 is 1.80 bits per heavy atom. The number of nitrogens with one attached hydrogen (secondary N) is 2. The zero-order chi connectivity index (χ0) is 18.2. The van der Waals surface area contributed by atoms with Gasteiger partial charge in [-0.1, -0.05) is 29.3 Å². The van der Waals surface area contributed by atoms with Crippen molar-refractivity contribution in [1.82, 2.24) is 5.32 Å². The second-order valence-electron chi connectivity index (χ2n) is 5.24. The average Bonchev–Trinajstić information content (AvgIpc) is 2.62. The van der Waals surface area contributed by atoms with Gasteiger partial charge in [-0.3, -0.25) is 9.59 Å². The molecule has 0 aliphatic carbocycles. The lowest BCUT2D eigenvalue weighted by atomic mass is 10.2. The fourth-order valence-electron chi connectivity index (χ4n) is 2.11. The fourth-order valence-corrected chi connectivity index (χ4v) is 2.46. The van der Waals surface area contributed by atoms with Crippen molar-refractivity contribution in [3.8, 4) is 5.75 Å². The molecule has 2 N–H and O–H groups in total. The number of amides is 2. The van der Waals surface area contributed by atoms with Gasteiger partial charge in [0.15, 0.2) is 0 Å². The highest BCUT2D eigenvalue weighted by atomic mass is 35.5. The van der Waals surface area contributed by atoms with Crippen molar-refractivity contribution in [3.63, 3.8) is 0 Å². The molecule has 0 unspecified atom stereocenters. The zero-order valence-corrected chi connectivity index (χ0v) is 15.2. The maximum absolute atomic E-state index is 12.0. The maximum Gasteiger partial charge on any atom is 0.251 e. The lowest BCUT2D eigenvalue weighted by Crippen LogP contribution is -2.25. The molecule has 0 spiro atoms. The van der Waals surface area contributed by atoms with E-state index in [0.29, 0.717) is 40.0 Å². The summed E-state index contributed by atoms with van der Waals surface area (Å²) in [5.41, 5.74) is 1.01. The number of rotatable bonds is 7. The van der Waals surface area contributed by atoms with E-state index >= 15 is 0 Å². The number of benzene rings is 2. The van der Waals surface area contributed by atoms with Gasteiger partial charge >= 0.3 is 0 Å². The monoisotopic (exact) mass is 380 g/mol. The van der Waals surface area contributed by atoms with Crippen LogP contribution >= 0.6 is 23.2 Å². The highest BCUT2D eigenvalue weighted by Gasteiger charge is 2.09. The quantitative estimate of drug-likeness (QED) is 0.708. The van der Waals surface area contributed by atoms with Gasteiger partial charge < -0.3 is 15.4 Å². The van der Waals surface area contributed by atoms with Crippen LogP contribution in [0, 0.1) is 0 Å². The normalized spacial score (nSPS) is 10.2. The summed E-state index contributed by atoms with van der Waals surface area (Å²) in [6, 6.07) is 11.8. The first-order chi connectivity index (χ1) is 12.0. The van der Waals surface area contributed by atoms with E-state index in [1.54, 1.807) is 49.6 Å². The van der Waals surface area contributed by atoms with Crippen LogP contribution in [0.1, 0.15) is 23.2 Å². The Bertz CT molecular complexity index is 748. The number of hydrogen-bond acceptors (Lipinski definition) is 3. The molecule has 0 saturated heterocycles. The average molecular weight is 381 g/mol. The van der Waals surface area contributed by atoms with Crippen molar-refractivity contribution < 1.29 is 14.3 Å². The van der Waals surface area contributed by atoms with Gasteiger partial charge in [-0.25, -0.2) is 0 Å². The zero-order valence-electron chi connectivity index (χ0n) is 13.6. The number of ether oxygens (including phenoxy) is 1. The molecule has 0 atom stereocenters. The lowest BCUT2D eigenvalue weighted by molar-refractivity contribution is -0.116. The Labute approximate surface area is 156 Å². The second kappa shape index (κ2) is 9.30. The second-order valence-corrected chi connectivity index (χ2v) is 6.02. The number of carbonyl (C=O) groups excluding carboxylic acids is 2. The van der Waals surface area contributed by atoms with Gasteiger partial charge in [0.05, 0.1) is 22.8 Å². The third-order valence-corrected chi connectivity index (χ3v) is 4.26. The summed E-state index contributed by atoms with van der Waals surface area (Å²) in [5, 5.41) is 6.16. The molecule has 0 saturated carbocycles. The Morgan fingerprint density at radius 1 is 1.08 bits per heavy atom. The summed E-state index contributed by atoms with van der Waals surface area (Å²) in [7, 11) is 1.57. The number of anilines is 1. The lowest BCUT2D eigenvalue weighted by Gasteiger charge is -2.09. The van der Waals surface area contributed by atoms with Crippen LogP contribution in [0.5, 0.6) is 5.75 Å². The van der Waals surface area contributed by atoms with Crippen molar-refractivity contribution in [2.75, 3.05) is 19.0 Å². The number of hydrogen-bond donors (Lipinski definition) is 2. The van der Waals surface area contributed by atoms with Gasteiger partial charge in [0.25, 0.3) is 5.91 Å². The minimum atomic E-state index is -0.194. The van der Waals surface area contributed by atoms with E-state index in [4.69, 9.17) is 27.9 Å². The van der Waals surface area contributed by atoms with Crippen molar-refractivity contribution >= 4 is 40.7 Å². The fraction of sp³-hybridized carbons (Fsp3) is 0.222. The maximum atomic E-state index is 12.0. The smallest absolute Gasteiger partial charge is 0.251 e. The molecule has 0 heterocycles. The molecule has 2 rings (SSSR count). The number of halogens is 2. The van der Waals surface area contributed by atoms with Gasteiger partial charge in [0.1, 0.15) is 5.75 Å². The molecule has 7 heteroatoms. The van der Waals surface area contributed by atoms with Gasteiger partial charge in [-0.2, -0.15) is 0 Å². The molecule has 0 radical (unpaired) electrons. The summed E-state index contributed by atoms with van der Waals surface area (Å²) in [6.07, 6.45) is 0.762. The third kappa shape index (κ3) is 5.66. The van der Waals surface area contributed by atoms with E-state index in [1.165, 1.54) is 0 Å². The van der Waals surface area contributed by atoms with E-state index in [9.17, 15) is 9.59 Å².